The number of ether oxygens (including phenoxy) is 1. The van der Waals surface area contributed by atoms with Gasteiger partial charge in [-0.3, -0.25) is 4.79 Å². The van der Waals surface area contributed by atoms with Gasteiger partial charge < -0.3 is 15.0 Å². The van der Waals surface area contributed by atoms with Crippen LogP contribution in [0.5, 0.6) is 0 Å². The van der Waals surface area contributed by atoms with E-state index in [1.165, 1.54) is 24.4 Å². The van der Waals surface area contributed by atoms with Gasteiger partial charge in [-0.05, 0) is 42.7 Å². The molecule has 2 aliphatic rings. The molecule has 0 bridgehead atoms. The van der Waals surface area contributed by atoms with Crippen molar-refractivity contribution in [3.63, 3.8) is 0 Å². The summed E-state index contributed by atoms with van der Waals surface area (Å²) in [7, 11) is 1.40. The Morgan fingerprint density at radius 2 is 1.94 bits per heavy atom. The number of nitrogens with zero attached hydrogens (tertiary/aromatic N) is 2. The number of fused-ring (bicyclic) bond motifs is 1. The van der Waals surface area contributed by atoms with Crippen LogP contribution in [-0.4, -0.2) is 35.6 Å². The second-order valence-electron chi connectivity index (χ2n) is 8.63. The molecule has 0 spiro atoms. The minimum atomic E-state index is -0.392. The van der Waals surface area contributed by atoms with E-state index in [0.717, 1.165) is 40.5 Å². The number of benzene rings is 2. The van der Waals surface area contributed by atoms with Gasteiger partial charge in [-0.1, -0.05) is 78.8 Å². The van der Waals surface area contributed by atoms with Crippen molar-refractivity contribution in [3.05, 3.63) is 93.7 Å². The van der Waals surface area contributed by atoms with E-state index < -0.39 is 12.0 Å². The number of hydrogen-bond donors (Lipinski definition) is 1. The average Bonchev–Trinajstić information content (AvgIpc) is 3.27. The molecule has 2 aromatic rings. The standard InChI is InChI=1S/C28H31N3O3S/c1-4-23-25(27(33)34-3)26(21-14-8-10-19(2)16-21)31-22(18-35-28(31)30-23)17-24(32)29-15-9-13-20-11-6-5-7-12-20/h5-8,10-12,14,16,18,26H,4,9,13,15,17H2,1-3H3,(H,29,32). The highest BCUT2D eigenvalue weighted by Crippen LogP contribution is 2.45. The third kappa shape index (κ3) is 5.68. The topological polar surface area (TPSA) is 71.0 Å². The van der Waals surface area contributed by atoms with Crippen LogP contribution in [-0.2, 0) is 20.7 Å². The Balaban J connectivity index is 1.51. The number of methoxy groups -OCH3 is 1. The predicted molar refractivity (Wildman–Crippen MR) is 141 cm³/mol. The summed E-state index contributed by atoms with van der Waals surface area (Å²) in [6.07, 6.45) is 2.63. The van der Waals surface area contributed by atoms with E-state index in [9.17, 15) is 9.59 Å². The molecule has 7 heteroatoms. The SMILES string of the molecule is CCC1=C(C(=O)OC)C(c2cccc(C)c2)N2C(CC(=O)NCCCc3ccccc3)=CSC2=N1. The molecule has 0 aromatic heterocycles. The normalized spacial score (nSPS) is 17.0. The van der Waals surface area contributed by atoms with Crippen LogP contribution in [0.1, 0.15) is 48.9 Å². The first-order valence-corrected chi connectivity index (χ1v) is 12.8. The highest BCUT2D eigenvalue weighted by molar-refractivity contribution is 8.16. The van der Waals surface area contributed by atoms with Gasteiger partial charge in [-0.2, -0.15) is 0 Å². The summed E-state index contributed by atoms with van der Waals surface area (Å²) in [5.74, 6) is -0.434. The van der Waals surface area contributed by atoms with E-state index in [0.29, 0.717) is 18.5 Å². The molecular formula is C28H31N3O3S. The summed E-state index contributed by atoms with van der Waals surface area (Å²) in [6.45, 7) is 4.63. The molecule has 1 unspecified atom stereocenters. The van der Waals surface area contributed by atoms with Crippen molar-refractivity contribution in [3.8, 4) is 0 Å². The van der Waals surface area contributed by atoms with Gasteiger partial charge in [0, 0.05) is 12.2 Å². The first kappa shape index (κ1) is 24.8. The first-order valence-electron chi connectivity index (χ1n) is 11.9. The van der Waals surface area contributed by atoms with Crippen molar-refractivity contribution >= 4 is 28.8 Å². The Morgan fingerprint density at radius 1 is 1.14 bits per heavy atom. The summed E-state index contributed by atoms with van der Waals surface area (Å²) >= 11 is 1.49. The molecule has 2 aliphatic heterocycles. The number of esters is 1. The quantitative estimate of drug-likeness (QED) is 0.384. The van der Waals surface area contributed by atoms with Crippen LogP contribution in [0.3, 0.4) is 0 Å². The molecule has 182 valence electrons. The number of amides is 1. The molecule has 35 heavy (non-hydrogen) atoms. The lowest BCUT2D eigenvalue weighted by Gasteiger charge is -2.36. The number of aliphatic imine (C=N–C) groups is 1. The number of nitrogens with one attached hydrogen (secondary N) is 1. The lowest BCUT2D eigenvalue weighted by molar-refractivity contribution is -0.136. The summed E-state index contributed by atoms with van der Waals surface area (Å²) in [5.41, 5.74) is 5.42. The van der Waals surface area contributed by atoms with Crippen molar-refractivity contribution in [2.24, 2.45) is 4.99 Å². The summed E-state index contributed by atoms with van der Waals surface area (Å²) in [5, 5.41) is 5.80. The molecule has 4 rings (SSSR count). The summed E-state index contributed by atoms with van der Waals surface area (Å²) in [6, 6.07) is 18.0. The predicted octanol–water partition coefficient (Wildman–Crippen LogP) is 5.27. The van der Waals surface area contributed by atoms with Crippen LogP contribution in [0, 0.1) is 6.92 Å². The maximum Gasteiger partial charge on any atom is 0.338 e. The maximum absolute atomic E-state index is 12.9. The maximum atomic E-state index is 12.9. The molecular weight excluding hydrogens is 458 g/mol. The van der Waals surface area contributed by atoms with Crippen LogP contribution >= 0.6 is 11.8 Å². The zero-order valence-electron chi connectivity index (χ0n) is 20.4. The zero-order chi connectivity index (χ0) is 24.8. The van der Waals surface area contributed by atoms with Crippen LogP contribution in [0.15, 0.2) is 82.0 Å². The summed E-state index contributed by atoms with van der Waals surface area (Å²) < 4.78 is 5.17. The van der Waals surface area contributed by atoms with Gasteiger partial charge in [0.25, 0.3) is 0 Å². The number of allylic oxidation sites excluding steroid dienone is 1. The number of hydrogen-bond acceptors (Lipinski definition) is 6. The number of rotatable bonds is 9. The lowest BCUT2D eigenvalue weighted by atomic mass is 9.92. The van der Waals surface area contributed by atoms with Gasteiger partial charge in [0.15, 0.2) is 5.17 Å². The Bertz CT molecular complexity index is 1190. The molecule has 2 aromatic carbocycles. The van der Waals surface area contributed by atoms with Gasteiger partial charge in [-0.15, -0.1) is 0 Å². The van der Waals surface area contributed by atoms with E-state index in [4.69, 9.17) is 9.73 Å². The smallest absolute Gasteiger partial charge is 0.338 e. The fourth-order valence-electron chi connectivity index (χ4n) is 4.46. The van der Waals surface area contributed by atoms with E-state index in [2.05, 4.69) is 23.5 Å². The fraction of sp³-hybridized carbons (Fsp3) is 0.321. The first-order chi connectivity index (χ1) is 17.0. The number of thioether (sulfide) groups is 1. The van der Waals surface area contributed by atoms with Gasteiger partial charge >= 0.3 is 5.97 Å². The fourth-order valence-corrected chi connectivity index (χ4v) is 5.40. The third-order valence-corrected chi connectivity index (χ3v) is 7.02. The van der Waals surface area contributed by atoms with Crippen molar-refractivity contribution in [1.82, 2.24) is 10.2 Å². The molecule has 2 heterocycles. The molecule has 0 radical (unpaired) electrons. The van der Waals surface area contributed by atoms with E-state index in [-0.39, 0.29) is 12.3 Å². The van der Waals surface area contributed by atoms with Gasteiger partial charge in [0.1, 0.15) is 0 Å². The van der Waals surface area contributed by atoms with Crippen LogP contribution in [0.4, 0.5) is 0 Å². The van der Waals surface area contributed by atoms with Gasteiger partial charge in [0.2, 0.25) is 5.91 Å². The molecule has 6 nitrogen and oxygen atoms in total. The van der Waals surface area contributed by atoms with Crippen LogP contribution in [0.25, 0.3) is 0 Å². The summed E-state index contributed by atoms with van der Waals surface area (Å²) in [4.78, 5) is 32.6. The number of carbonyl (C=O) groups excluding carboxylic acids is 2. The second-order valence-corrected chi connectivity index (χ2v) is 9.47. The van der Waals surface area contributed by atoms with Gasteiger partial charge in [-0.25, -0.2) is 9.79 Å². The van der Waals surface area contributed by atoms with Crippen molar-refractivity contribution < 1.29 is 14.3 Å². The minimum Gasteiger partial charge on any atom is -0.466 e. The Labute approximate surface area is 211 Å². The molecule has 0 saturated heterocycles. The molecule has 1 atom stereocenters. The number of aryl methyl sites for hydroxylation is 2. The molecule has 0 saturated carbocycles. The van der Waals surface area contributed by atoms with E-state index >= 15 is 0 Å². The molecule has 0 aliphatic carbocycles. The number of amidine groups is 1. The Kier molecular flexibility index (Phi) is 8.08. The van der Waals surface area contributed by atoms with Crippen molar-refractivity contribution in [2.75, 3.05) is 13.7 Å². The van der Waals surface area contributed by atoms with Crippen molar-refractivity contribution in [2.45, 2.75) is 45.6 Å². The lowest BCUT2D eigenvalue weighted by Crippen LogP contribution is -2.38. The molecule has 1 N–H and O–H groups in total. The Morgan fingerprint density at radius 3 is 2.66 bits per heavy atom. The van der Waals surface area contributed by atoms with Crippen LogP contribution < -0.4 is 5.32 Å². The monoisotopic (exact) mass is 489 g/mol. The average molecular weight is 490 g/mol. The number of carbonyl (C=O) groups is 2. The van der Waals surface area contributed by atoms with Crippen molar-refractivity contribution in [1.29, 1.82) is 0 Å². The molecule has 1 amide bonds. The minimum absolute atomic E-state index is 0.0426. The van der Waals surface area contributed by atoms with Crippen LogP contribution in [0.2, 0.25) is 0 Å². The van der Waals surface area contributed by atoms with Gasteiger partial charge in [0.05, 0.1) is 30.8 Å². The van der Waals surface area contributed by atoms with E-state index in [1.807, 2.05) is 60.6 Å². The van der Waals surface area contributed by atoms with E-state index in [1.54, 1.807) is 0 Å². The highest BCUT2D eigenvalue weighted by atomic mass is 32.2. The second kappa shape index (κ2) is 11.4. The highest BCUT2D eigenvalue weighted by Gasteiger charge is 2.41. The molecule has 0 fully saturated rings. The zero-order valence-corrected chi connectivity index (χ0v) is 21.2. The Hall–Kier alpha value is -3.32. The largest absolute Gasteiger partial charge is 0.466 e. The third-order valence-electron chi connectivity index (χ3n) is 6.14.